The summed E-state index contributed by atoms with van der Waals surface area (Å²) in [6.07, 6.45) is 4.22. The molecule has 2 fully saturated rings. The number of rotatable bonds is 2. The highest BCUT2D eigenvalue weighted by Crippen LogP contribution is 2.63. The average Bonchev–Trinajstić information content (AvgIpc) is 2.78. The van der Waals surface area contributed by atoms with Gasteiger partial charge in [0.15, 0.2) is 0 Å². The quantitative estimate of drug-likeness (QED) is 0.705. The number of benzene rings is 1. The van der Waals surface area contributed by atoms with Crippen molar-refractivity contribution < 1.29 is 0 Å². The first-order valence-electron chi connectivity index (χ1n) is 7.36. The molecule has 1 aromatic rings. The van der Waals surface area contributed by atoms with Crippen LogP contribution in [0.15, 0.2) is 18.2 Å². The van der Waals surface area contributed by atoms with Gasteiger partial charge in [-0.05, 0) is 89.3 Å². The summed E-state index contributed by atoms with van der Waals surface area (Å²) in [5, 5.41) is 3.90. The van der Waals surface area contributed by atoms with Crippen LogP contribution in [-0.2, 0) is 0 Å². The molecule has 0 radical (unpaired) electrons. The molecule has 104 valence electrons. The molecule has 19 heavy (non-hydrogen) atoms. The summed E-state index contributed by atoms with van der Waals surface area (Å²) in [6, 6.07) is 7.34. The minimum atomic E-state index is 0.419. The summed E-state index contributed by atoms with van der Waals surface area (Å²) in [7, 11) is 0. The third kappa shape index (κ3) is 2.10. The lowest BCUT2D eigenvalue weighted by atomic mass is 9.68. The van der Waals surface area contributed by atoms with Crippen LogP contribution in [0.25, 0.3) is 0 Å². The van der Waals surface area contributed by atoms with E-state index in [-0.39, 0.29) is 0 Å². The monoisotopic (exact) mass is 369 g/mol. The van der Waals surface area contributed by atoms with E-state index < -0.39 is 0 Å². The van der Waals surface area contributed by atoms with Crippen LogP contribution in [0.2, 0.25) is 0 Å². The third-order valence-electron chi connectivity index (χ3n) is 5.76. The van der Waals surface area contributed by atoms with E-state index in [9.17, 15) is 0 Å². The zero-order valence-electron chi connectivity index (χ0n) is 12.4. The van der Waals surface area contributed by atoms with E-state index >= 15 is 0 Å². The minimum absolute atomic E-state index is 0.419. The molecule has 2 heteroatoms. The second kappa shape index (κ2) is 4.37. The van der Waals surface area contributed by atoms with E-state index in [1.54, 1.807) is 0 Å². The van der Waals surface area contributed by atoms with Gasteiger partial charge in [-0.25, -0.2) is 0 Å². The molecule has 1 unspecified atom stereocenters. The molecular weight excluding hydrogens is 345 g/mol. The standard InChI is InChI=1S/C17H24IN/c1-11-9-13(18)5-6-14(11)19-15-16(2,3)12-7-8-17(15,4)10-12/h5-6,9,12,15,19H,7-8,10H2,1-4H3/t12-,15?,17+/m0/s1. The van der Waals surface area contributed by atoms with Crippen LogP contribution in [-0.4, -0.2) is 6.04 Å². The van der Waals surface area contributed by atoms with Gasteiger partial charge in [0.1, 0.15) is 0 Å². The highest BCUT2D eigenvalue weighted by Gasteiger charge is 2.59. The van der Waals surface area contributed by atoms with Crippen molar-refractivity contribution in [3.05, 3.63) is 27.3 Å². The summed E-state index contributed by atoms with van der Waals surface area (Å²) < 4.78 is 1.32. The second-order valence-corrected chi connectivity index (χ2v) is 8.70. The lowest BCUT2D eigenvalue weighted by molar-refractivity contribution is 0.155. The first-order chi connectivity index (χ1) is 8.83. The van der Waals surface area contributed by atoms with Gasteiger partial charge < -0.3 is 5.32 Å². The topological polar surface area (TPSA) is 12.0 Å². The summed E-state index contributed by atoms with van der Waals surface area (Å²) in [4.78, 5) is 0. The van der Waals surface area contributed by atoms with Gasteiger partial charge in [0, 0.05) is 15.3 Å². The van der Waals surface area contributed by atoms with Crippen molar-refractivity contribution in [2.24, 2.45) is 16.7 Å². The number of halogens is 1. The van der Waals surface area contributed by atoms with Crippen molar-refractivity contribution in [2.45, 2.75) is 53.0 Å². The van der Waals surface area contributed by atoms with Gasteiger partial charge >= 0.3 is 0 Å². The molecule has 0 saturated heterocycles. The third-order valence-corrected chi connectivity index (χ3v) is 6.43. The van der Waals surface area contributed by atoms with Crippen molar-refractivity contribution in [3.8, 4) is 0 Å². The largest absolute Gasteiger partial charge is 0.381 e. The van der Waals surface area contributed by atoms with Crippen molar-refractivity contribution in [3.63, 3.8) is 0 Å². The second-order valence-electron chi connectivity index (χ2n) is 7.45. The van der Waals surface area contributed by atoms with E-state index in [1.807, 2.05) is 0 Å². The van der Waals surface area contributed by atoms with Gasteiger partial charge in [-0.2, -0.15) is 0 Å². The molecule has 2 aliphatic carbocycles. The number of nitrogens with one attached hydrogen (secondary N) is 1. The molecule has 2 saturated carbocycles. The van der Waals surface area contributed by atoms with Crippen LogP contribution in [0.4, 0.5) is 5.69 Å². The minimum Gasteiger partial charge on any atom is -0.381 e. The van der Waals surface area contributed by atoms with Crippen molar-refractivity contribution in [1.29, 1.82) is 0 Å². The van der Waals surface area contributed by atoms with E-state index in [4.69, 9.17) is 0 Å². The number of hydrogen-bond acceptors (Lipinski definition) is 1. The Labute approximate surface area is 130 Å². The smallest absolute Gasteiger partial charge is 0.0373 e. The molecule has 0 aliphatic heterocycles. The molecule has 0 spiro atoms. The van der Waals surface area contributed by atoms with Crippen LogP contribution in [0.3, 0.4) is 0 Å². The fourth-order valence-electron chi connectivity index (χ4n) is 4.61. The molecule has 1 aromatic carbocycles. The maximum Gasteiger partial charge on any atom is 0.0373 e. The van der Waals surface area contributed by atoms with E-state index in [0.717, 1.165) is 5.92 Å². The SMILES string of the molecule is Cc1cc(I)ccc1NC1C(C)(C)[C@H]2CC[C@]1(C)C2. The Morgan fingerprint density at radius 1 is 1.26 bits per heavy atom. The summed E-state index contributed by atoms with van der Waals surface area (Å²) in [5.41, 5.74) is 3.60. The zero-order valence-corrected chi connectivity index (χ0v) is 14.5. The normalized spacial score (nSPS) is 35.6. The molecule has 1 N–H and O–H groups in total. The Kier molecular flexibility index (Phi) is 3.16. The number of fused-ring (bicyclic) bond motifs is 2. The number of aryl methyl sites for hydroxylation is 1. The van der Waals surface area contributed by atoms with E-state index in [2.05, 4.69) is 73.8 Å². The molecule has 2 bridgehead atoms. The molecule has 0 heterocycles. The maximum atomic E-state index is 3.90. The van der Waals surface area contributed by atoms with Gasteiger partial charge in [-0.3, -0.25) is 0 Å². The van der Waals surface area contributed by atoms with Crippen LogP contribution >= 0.6 is 22.6 Å². The number of anilines is 1. The molecule has 1 nitrogen and oxygen atoms in total. The molecule has 2 aliphatic rings. The average molecular weight is 369 g/mol. The molecule has 0 amide bonds. The van der Waals surface area contributed by atoms with Crippen molar-refractivity contribution >= 4 is 28.3 Å². The molecular formula is C17H24IN. The lowest BCUT2D eigenvalue weighted by Crippen LogP contribution is -2.45. The first kappa shape index (κ1) is 13.7. The molecule has 3 rings (SSSR count). The van der Waals surface area contributed by atoms with Crippen molar-refractivity contribution in [2.75, 3.05) is 5.32 Å². The fraction of sp³-hybridized carbons (Fsp3) is 0.647. The van der Waals surface area contributed by atoms with E-state index in [1.165, 1.54) is 34.1 Å². The Hall–Kier alpha value is -0.250. The van der Waals surface area contributed by atoms with Gasteiger partial charge in [-0.1, -0.05) is 20.8 Å². The predicted molar refractivity (Wildman–Crippen MR) is 90.5 cm³/mol. The van der Waals surface area contributed by atoms with Gasteiger partial charge in [0.25, 0.3) is 0 Å². The van der Waals surface area contributed by atoms with Crippen LogP contribution in [0, 0.1) is 27.2 Å². The molecule has 0 aromatic heterocycles. The Bertz CT molecular complexity index is 503. The van der Waals surface area contributed by atoms with Gasteiger partial charge in [0.05, 0.1) is 0 Å². The summed E-state index contributed by atoms with van der Waals surface area (Å²) >= 11 is 2.39. The van der Waals surface area contributed by atoms with Gasteiger partial charge in [0.2, 0.25) is 0 Å². The summed E-state index contributed by atoms with van der Waals surface area (Å²) in [5.74, 6) is 0.902. The van der Waals surface area contributed by atoms with Crippen LogP contribution in [0.1, 0.15) is 45.6 Å². The summed E-state index contributed by atoms with van der Waals surface area (Å²) in [6.45, 7) is 9.62. The Morgan fingerprint density at radius 2 is 2.00 bits per heavy atom. The molecule has 3 atom stereocenters. The lowest BCUT2D eigenvalue weighted by Gasteiger charge is -2.44. The van der Waals surface area contributed by atoms with Crippen molar-refractivity contribution in [1.82, 2.24) is 0 Å². The van der Waals surface area contributed by atoms with Crippen LogP contribution in [0.5, 0.6) is 0 Å². The first-order valence-corrected chi connectivity index (χ1v) is 8.43. The Balaban J connectivity index is 1.90. The highest BCUT2D eigenvalue weighted by molar-refractivity contribution is 14.1. The number of hydrogen-bond donors (Lipinski definition) is 1. The van der Waals surface area contributed by atoms with E-state index in [0.29, 0.717) is 16.9 Å². The van der Waals surface area contributed by atoms with Gasteiger partial charge in [-0.15, -0.1) is 0 Å². The highest BCUT2D eigenvalue weighted by atomic mass is 127. The van der Waals surface area contributed by atoms with Crippen LogP contribution < -0.4 is 5.32 Å². The predicted octanol–water partition coefficient (Wildman–Crippen LogP) is 5.23. The maximum absolute atomic E-state index is 3.90. The zero-order chi connectivity index (χ0) is 13.8. The Morgan fingerprint density at radius 3 is 2.58 bits per heavy atom. The fourth-order valence-corrected chi connectivity index (χ4v) is 5.25.